The molecule has 0 amide bonds. The lowest BCUT2D eigenvalue weighted by Gasteiger charge is -2.04. The van der Waals surface area contributed by atoms with Gasteiger partial charge in [0.2, 0.25) is 0 Å². The van der Waals surface area contributed by atoms with E-state index in [4.69, 9.17) is 8.83 Å². The molecule has 0 saturated carbocycles. The van der Waals surface area contributed by atoms with Gasteiger partial charge in [0.15, 0.2) is 18.9 Å². The topological polar surface area (TPSA) is 47.2 Å². The molecule has 3 aromatic heterocycles. The summed E-state index contributed by atoms with van der Waals surface area (Å²) in [6, 6.07) is 9.63. The Morgan fingerprint density at radius 2 is 1.62 bits per heavy atom. The largest absolute Gasteiger partial charge is 0.460 e. The third kappa shape index (κ3) is 2.22. The molecule has 1 aromatic carbocycles. The zero-order valence-corrected chi connectivity index (χ0v) is 13.9. The van der Waals surface area contributed by atoms with Crippen LogP contribution in [0.2, 0.25) is 0 Å². The van der Waals surface area contributed by atoms with E-state index in [2.05, 4.69) is 10.6 Å². The summed E-state index contributed by atoms with van der Waals surface area (Å²) in [6.07, 6.45) is 4.08. The fraction of sp³-hybridized carbons (Fsp3) is 0.200. The van der Waals surface area contributed by atoms with E-state index in [1.807, 2.05) is 51.4 Å². The quantitative estimate of drug-likeness (QED) is 0.417. The normalized spacial score (nSPS) is 11.5. The van der Waals surface area contributed by atoms with Crippen LogP contribution in [0.1, 0.15) is 22.5 Å². The lowest BCUT2D eigenvalue weighted by atomic mass is 10.0. The summed E-state index contributed by atoms with van der Waals surface area (Å²) < 4.78 is 13.6. The summed E-state index contributed by atoms with van der Waals surface area (Å²) >= 11 is 0. The van der Waals surface area contributed by atoms with Gasteiger partial charge in [-0.2, -0.15) is 0 Å². The molecule has 4 heteroatoms. The highest BCUT2D eigenvalue weighted by molar-refractivity contribution is 5.99. The Bertz CT molecular complexity index is 1120. The van der Waals surface area contributed by atoms with Crippen LogP contribution in [0.5, 0.6) is 0 Å². The Balaban J connectivity index is 2.02. The van der Waals surface area contributed by atoms with Crippen LogP contribution >= 0.6 is 0 Å². The number of aromatic nitrogens is 1. The first-order valence-electron chi connectivity index (χ1n) is 7.94. The number of nitrogens with zero attached hydrogens (tertiary/aromatic N) is 1. The van der Waals surface area contributed by atoms with Gasteiger partial charge < -0.3 is 8.83 Å². The van der Waals surface area contributed by atoms with Crippen LogP contribution < -0.4 is 10.2 Å². The number of hydrogen-bond donors (Lipinski definition) is 0. The van der Waals surface area contributed by atoms with Crippen molar-refractivity contribution in [1.29, 1.82) is 0 Å². The van der Waals surface area contributed by atoms with Gasteiger partial charge in [0.25, 0.3) is 0 Å². The lowest BCUT2D eigenvalue weighted by Crippen LogP contribution is -2.32. The lowest BCUT2D eigenvalue weighted by molar-refractivity contribution is -0.688. The van der Waals surface area contributed by atoms with E-state index in [0.717, 1.165) is 45.4 Å². The van der Waals surface area contributed by atoms with Crippen molar-refractivity contribution in [2.45, 2.75) is 27.3 Å². The average Bonchev–Trinajstić information content (AvgIpc) is 2.87. The second-order valence-corrected chi connectivity index (χ2v) is 6.19. The molecular formula is C20H18NO3+. The monoisotopic (exact) mass is 320 g/mol. The minimum absolute atomic E-state index is 0.328. The van der Waals surface area contributed by atoms with Crippen molar-refractivity contribution in [2.75, 3.05) is 0 Å². The molecule has 0 aliphatic carbocycles. The molecule has 0 saturated heterocycles. The number of fused-ring (bicyclic) bond motifs is 2. The Morgan fingerprint density at radius 3 is 2.38 bits per heavy atom. The number of rotatable bonds is 2. The highest BCUT2D eigenvalue weighted by Gasteiger charge is 2.19. The molecule has 0 bridgehead atoms. The molecule has 0 unspecified atom stereocenters. The second kappa shape index (κ2) is 5.34. The molecule has 24 heavy (non-hydrogen) atoms. The summed E-state index contributed by atoms with van der Waals surface area (Å²) in [7, 11) is 0. The van der Waals surface area contributed by atoms with Crippen molar-refractivity contribution >= 4 is 21.9 Å². The van der Waals surface area contributed by atoms with Crippen LogP contribution in [0, 0.1) is 20.8 Å². The molecule has 0 aliphatic rings. The van der Waals surface area contributed by atoms with Crippen molar-refractivity contribution in [3.63, 3.8) is 0 Å². The SMILES string of the molecule is Cc1oc2c(C)c3oc(=O)cc(C)c3cc2c1C[n+]1ccccc1. The van der Waals surface area contributed by atoms with E-state index in [0.29, 0.717) is 5.58 Å². The first kappa shape index (κ1) is 14.7. The van der Waals surface area contributed by atoms with Gasteiger partial charge in [0.1, 0.15) is 16.9 Å². The van der Waals surface area contributed by atoms with E-state index in [1.165, 1.54) is 6.07 Å². The van der Waals surface area contributed by atoms with E-state index in [-0.39, 0.29) is 5.63 Å². The van der Waals surface area contributed by atoms with E-state index >= 15 is 0 Å². The summed E-state index contributed by atoms with van der Waals surface area (Å²) in [5, 5.41) is 2.03. The molecule has 0 aliphatic heterocycles. The molecule has 0 atom stereocenters. The summed E-state index contributed by atoms with van der Waals surface area (Å²) in [4.78, 5) is 11.7. The third-order valence-electron chi connectivity index (χ3n) is 4.54. The van der Waals surface area contributed by atoms with E-state index in [9.17, 15) is 4.79 Å². The first-order valence-corrected chi connectivity index (χ1v) is 7.94. The van der Waals surface area contributed by atoms with Crippen molar-refractivity contribution in [3.8, 4) is 0 Å². The van der Waals surface area contributed by atoms with Crippen LogP contribution in [-0.4, -0.2) is 0 Å². The standard InChI is InChI=1S/C20H18NO3/c1-12-9-18(22)24-19-13(2)20-16(10-15(12)19)17(14(3)23-20)11-21-7-5-4-6-8-21/h4-10H,11H2,1-3H3/q+1. The zero-order valence-electron chi connectivity index (χ0n) is 13.9. The Hall–Kier alpha value is -2.88. The number of hydrogen-bond acceptors (Lipinski definition) is 3. The van der Waals surface area contributed by atoms with Gasteiger partial charge in [-0.15, -0.1) is 0 Å². The van der Waals surface area contributed by atoms with Crippen molar-refractivity contribution in [1.82, 2.24) is 0 Å². The summed E-state index contributed by atoms with van der Waals surface area (Å²) in [6.45, 7) is 6.59. The van der Waals surface area contributed by atoms with Crippen LogP contribution in [0.25, 0.3) is 21.9 Å². The molecule has 4 rings (SSSR count). The smallest absolute Gasteiger partial charge is 0.336 e. The van der Waals surface area contributed by atoms with Gasteiger partial charge >= 0.3 is 5.63 Å². The predicted octanol–water partition coefficient (Wildman–Crippen LogP) is 3.80. The van der Waals surface area contributed by atoms with Crippen molar-refractivity contribution in [3.05, 3.63) is 75.6 Å². The van der Waals surface area contributed by atoms with Crippen LogP contribution in [-0.2, 0) is 6.54 Å². The summed E-state index contributed by atoms with van der Waals surface area (Å²) in [5.41, 5.74) is 4.02. The van der Waals surface area contributed by atoms with Gasteiger partial charge in [0.05, 0.1) is 5.56 Å². The van der Waals surface area contributed by atoms with Gasteiger partial charge in [-0.05, 0) is 32.4 Å². The highest BCUT2D eigenvalue weighted by atomic mass is 16.4. The molecule has 0 fully saturated rings. The third-order valence-corrected chi connectivity index (χ3v) is 4.54. The molecule has 0 radical (unpaired) electrons. The van der Waals surface area contributed by atoms with Crippen molar-refractivity contribution < 1.29 is 13.4 Å². The number of pyridine rings is 1. The second-order valence-electron chi connectivity index (χ2n) is 6.19. The highest BCUT2D eigenvalue weighted by Crippen LogP contribution is 2.34. The number of furan rings is 1. The first-order chi connectivity index (χ1) is 11.5. The molecule has 0 spiro atoms. The van der Waals surface area contributed by atoms with Gasteiger partial charge in [-0.1, -0.05) is 6.07 Å². The van der Waals surface area contributed by atoms with E-state index in [1.54, 1.807) is 0 Å². The fourth-order valence-corrected chi connectivity index (χ4v) is 3.27. The molecule has 0 N–H and O–H groups in total. The average molecular weight is 320 g/mol. The van der Waals surface area contributed by atoms with Crippen LogP contribution in [0.4, 0.5) is 0 Å². The predicted molar refractivity (Wildman–Crippen MR) is 92.2 cm³/mol. The maximum atomic E-state index is 11.7. The Labute approximate surface area is 139 Å². The Morgan fingerprint density at radius 1 is 0.917 bits per heavy atom. The van der Waals surface area contributed by atoms with E-state index < -0.39 is 0 Å². The maximum absolute atomic E-state index is 11.7. The van der Waals surface area contributed by atoms with Gasteiger partial charge in [-0.3, -0.25) is 0 Å². The van der Waals surface area contributed by atoms with Gasteiger partial charge in [0, 0.05) is 34.5 Å². The molecule has 4 aromatic rings. The van der Waals surface area contributed by atoms with Gasteiger partial charge in [-0.25, -0.2) is 9.36 Å². The van der Waals surface area contributed by atoms with Crippen molar-refractivity contribution in [2.24, 2.45) is 0 Å². The number of benzene rings is 1. The molecule has 4 nitrogen and oxygen atoms in total. The zero-order chi connectivity index (χ0) is 16.8. The molecule has 120 valence electrons. The van der Waals surface area contributed by atoms with Crippen LogP contribution in [0.15, 0.2) is 56.4 Å². The minimum atomic E-state index is -0.328. The fourth-order valence-electron chi connectivity index (χ4n) is 3.27. The maximum Gasteiger partial charge on any atom is 0.336 e. The minimum Gasteiger partial charge on any atom is -0.460 e. The Kier molecular flexibility index (Phi) is 3.27. The summed E-state index contributed by atoms with van der Waals surface area (Å²) in [5.74, 6) is 0.889. The molecule has 3 heterocycles. The molecular weight excluding hydrogens is 302 g/mol. The van der Waals surface area contributed by atoms with Crippen LogP contribution in [0.3, 0.4) is 0 Å². The number of aryl methyl sites for hydroxylation is 3.